The molecule has 2 aromatic carbocycles. The molecule has 0 bridgehead atoms. The van der Waals surface area contributed by atoms with Gasteiger partial charge in [-0.1, -0.05) is 57.0 Å². The number of phenolic OH excluding ortho intramolecular Hbond substituents is 1. The van der Waals surface area contributed by atoms with E-state index in [0.717, 1.165) is 49.7 Å². The first-order valence-corrected chi connectivity index (χ1v) is 10.0. The minimum atomic E-state index is -0.640. The molecule has 0 atom stereocenters. The Morgan fingerprint density at radius 1 is 0.885 bits per heavy atom. The van der Waals surface area contributed by atoms with Crippen molar-refractivity contribution in [2.24, 2.45) is 0 Å². The van der Waals surface area contributed by atoms with Gasteiger partial charge in [-0.3, -0.25) is 0 Å². The van der Waals surface area contributed by atoms with E-state index in [0.29, 0.717) is 5.75 Å². The summed E-state index contributed by atoms with van der Waals surface area (Å²) in [6.45, 7) is 8.56. The van der Waals surface area contributed by atoms with Crippen molar-refractivity contribution in [2.75, 3.05) is 0 Å². The van der Waals surface area contributed by atoms with E-state index in [4.69, 9.17) is 0 Å². The molecule has 0 amide bonds. The first-order chi connectivity index (χ1) is 12.4. The number of hydrogen-bond acceptors (Lipinski definition) is 2. The van der Waals surface area contributed by atoms with Crippen LogP contribution in [0.15, 0.2) is 36.4 Å². The largest absolute Gasteiger partial charge is 0.508 e. The second kappa shape index (κ2) is 7.08. The average Bonchev–Trinajstić information content (AvgIpc) is 3.07. The molecule has 1 saturated carbocycles. The highest BCUT2D eigenvalue weighted by molar-refractivity contribution is 5.47. The molecule has 0 unspecified atom stereocenters. The summed E-state index contributed by atoms with van der Waals surface area (Å²) >= 11 is 0. The van der Waals surface area contributed by atoms with Gasteiger partial charge in [-0.25, -0.2) is 0 Å². The van der Waals surface area contributed by atoms with Crippen LogP contribution in [0.4, 0.5) is 0 Å². The Morgan fingerprint density at radius 3 is 1.92 bits per heavy atom. The Hall–Kier alpha value is -1.80. The zero-order valence-corrected chi connectivity index (χ0v) is 16.6. The number of rotatable bonds is 5. The van der Waals surface area contributed by atoms with Crippen molar-refractivity contribution >= 4 is 0 Å². The van der Waals surface area contributed by atoms with Gasteiger partial charge in [0.25, 0.3) is 0 Å². The maximum atomic E-state index is 11.0. The molecule has 0 spiro atoms. The fourth-order valence-corrected chi connectivity index (χ4v) is 4.90. The van der Waals surface area contributed by atoms with E-state index >= 15 is 0 Å². The van der Waals surface area contributed by atoms with Gasteiger partial charge in [0.2, 0.25) is 0 Å². The lowest BCUT2D eigenvalue weighted by molar-refractivity contribution is 0.0438. The summed E-state index contributed by atoms with van der Waals surface area (Å²) in [6, 6.07) is 12.6. The van der Waals surface area contributed by atoms with Gasteiger partial charge in [0.05, 0.1) is 5.60 Å². The van der Waals surface area contributed by atoms with Crippen LogP contribution in [0.5, 0.6) is 5.75 Å². The number of aryl methyl sites for hydroxylation is 2. The highest BCUT2D eigenvalue weighted by Gasteiger charge is 2.36. The van der Waals surface area contributed by atoms with Crippen LogP contribution in [-0.2, 0) is 11.0 Å². The van der Waals surface area contributed by atoms with Gasteiger partial charge in [0.1, 0.15) is 5.75 Å². The molecule has 0 heterocycles. The van der Waals surface area contributed by atoms with Gasteiger partial charge < -0.3 is 10.2 Å². The molecule has 1 aliphatic carbocycles. The van der Waals surface area contributed by atoms with E-state index in [2.05, 4.69) is 51.1 Å². The fraction of sp³-hybridized carbons (Fsp3) is 0.500. The van der Waals surface area contributed by atoms with Crippen LogP contribution < -0.4 is 0 Å². The molecule has 26 heavy (non-hydrogen) atoms. The van der Waals surface area contributed by atoms with Crippen LogP contribution in [0.1, 0.15) is 80.2 Å². The van der Waals surface area contributed by atoms with Crippen molar-refractivity contribution in [2.45, 2.75) is 77.2 Å². The molecule has 3 rings (SSSR count). The van der Waals surface area contributed by atoms with Gasteiger partial charge in [0, 0.05) is 5.41 Å². The van der Waals surface area contributed by atoms with E-state index in [-0.39, 0.29) is 5.41 Å². The molecular formula is C24H32O2. The second-order valence-corrected chi connectivity index (χ2v) is 8.06. The number of hydrogen-bond donors (Lipinski definition) is 2. The molecule has 1 fully saturated rings. The molecule has 2 nitrogen and oxygen atoms in total. The summed E-state index contributed by atoms with van der Waals surface area (Å²) in [5, 5.41) is 20.9. The Kier molecular flexibility index (Phi) is 5.16. The molecule has 1 aliphatic rings. The molecule has 0 aliphatic heterocycles. The monoisotopic (exact) mass is 352 g/mol. The summed E-state index contributed by atoms with van der Waals surface area (Å²) in [6.07, 6.45) is 5.96. The quantitative estimate of drug-likeness (QED) is 0.706. The van der Waals surface area contributed by atoms with Crippen molar-refractivity contribution in [3.05, 3.63) is 64.2 Å². The lowest BCUT2D eigenvalue weighted by atomic mass is 9.69. The Balaban J connectivity index is 2.08. The Labute approximate surface area is 157 Å². The normalized spacial score (nSPS) is 16.8. The summed E-state index contributed by atoms with van der Waals surface area (Å²) in [5.41, 5.74) is 5.05. The van der Waals surface area contributed by atoms with E-state index in [1.54, 1.807) is 0 Å². The molecule has 140 valence electrons. The third-order valence-electron chi connectivity index (χ3n) is 6.67. The topological polar surface area (TPSA) is 40.5 Å². The van der Waals surface area contributed by atoms with Gasteiger partial charge in [-0.05, 0) is 73.4 Å². The van der Waals surface area contributed by atoms with Crippen molar-refractivity contribution in [1.29, 1.82) is 0 Å². The van der Waals surface area contributed by atoms with Gasteiger partial charge in [0.15, 0.2) is 0 Å². The summed E-state index contributed by atoms with van der Waals surface area (Å²) < 4.78 is 0. The standard InChI is InChI=1S/C24H32O2/c1-5-23(6-2,20-10-12-22(25)18(4)16-20)19-9-11-21(17(3)15-19)24(26)13-7-8-14-24/h9-12,15-16,25-26H,5-8,13-14H2,1-4H3. The lowest BCUT2D eigenvalue weighted by Gasteiger charge is -2.35. The lowest BCUT2D eigenvalue weighted by Crippen LogP contribution is -2.27. The van der Waals surface area contributed by atoms with Crippen molar-refractivity contribution < 1.29 is 10.2 Å². The van der Waals surface area contributed by atoms with E-state index in [1.165, 1.54) is 16.7 Å². The van der Waals surface area contributed by atoms with E-state index < -0.39 is 5.60 Å². The van der Waals surface area contributed by atoms with Crippen LogP contribution in [-0.4, -0.2) is 10.2 Å². The SMILES string of the molecule is CCC(CC)(c1ccc(O)c(C)c1)c1ccc(C2(O)CCCC2)c(C)c1. The highest BCUT2D eigenvalue weighted by atomic mass is 16.3. The maximum Gasteiger partial charge on any atom is 0.118 e. The predicted molar refractivity (Wildman–Crippen MR) is 108 cm³/mol. The average molecular weight is 353 g/mol. The van der Waals surface area contributed by atoms with Gasteiger partial charge >= 0.3 is 0 Å². The molecule has 2 N–H and O–H groups in total. The molecule has 0 saturated heterocycles. The van der Waals surface area contributed by atoms with Crippen LogP contribution >= 0.6 is 0 Å². The fourth-order valence-electron chi connectivity index (χ4n) is 4.90. The third-order valence-corrected chi connectivity index (χ3v) is 6.67. The highest BCUT2D eigenvalue weighted by Crippen LogP contribution is 2.44. The Morgan fingerprint density at radius 2 is 1.42 bits per heavy atom. The molecule has 2 heteroatoms. The summed E-state index contributed by atoms with van der Waals surface area (Å²) in [7, 11) is 0. The first kappa shape index (κ1) is 19.0. The van der Waals surface area contributed by atoms with Gasteiger partial charge in [-0.2, -0.15) is 0 Å². The Bertz CT molecular complexity index is 781. The molecule has 0 aromatic heterocycles. The molecule has 0 radical (unpaired) electrons. The predicted octanol–water partition coefficient (Wildman–Crippen LogP) is 5.88. The molecular weight excluding hydrogens is 320 g/mol. The van der Waals surface area contributed by atoms with Crippen molar-refractivity contribution in [1.82, 2.24) is 0 Å². The minimum absolute atomic E-state index is 0.0694. The summed E-state index contributed by atoms with van der Waals surface area (Å²) in [4.78, 5) is 0. The van der Waals surface area contributed by atoms with E-state index in [9.17, 15) is 10.2 Å². The number of benzene rings is 2. The number of aromatic hydroxyl groups is 1. The zero-order chi connectivity index (χ0) is 18.9. The van der Waals surface area contributed by atoms with Crippen molar-refractivity contribution in [3.8, 4) is 5.75 Å². The third kappa shape index (κ3) is 3.05. The van der Waals surface area contributed by atoms with Crippen LogP contribution in [0.25, 0.3) is 0 Å². The molecule has 2 aromatic rings. The maximum absolute atomic E-state index is 11.0. The number of phenols is 1. The van der Waals surface area contributed by atoms with Gasteiger partial charge in [-0.15, -0.1) is 0 Å². The van der Waals surface area contributed by atoms with Crippen molar-refractivity contribution in [3.63, 3.8) is 0 Å². The minimum Gasteiger partial charge on any atom is -0.508 e. The van der Waals surface area contributed by atoms with E-state index in [1.807, 2.05) is 13.0 Å². The summed E-state index contributed by atoms with van der Waals surface area (Å²) in [5.74, 6) is 0.352. The zero-order valence-electron chi connectivity index (χ0n) is 16.6. The first-order valence-electron chi connectivity index (χ1n) is 10.0. The van der Waals surface area contributed by atoms with Crippen LogP contribution in [0.3, 0.4) is 0 Å². The van der Waals surface area contributed by atoms with Crippen LogP contribution in [0, 0.1) is 13.8 Å². The number of aliphatic hydroxyl groups is 1. The van der Waals surface area contributed by atoms with Crippen LogP contribution in [0.2, 0.25) is 0 Å². The smallest absolute Gasteiger partial charge is 0.118 e. The second-order valence-electron chi connectivity index (χ2n) is 8.06.